The van der Waals surface area contributed by atoms with Crippen LogP contribution in [0.5, 0.6) is 17.2 Å². The maximum atomic E-state index is 12.4. The molecule has 1 atom stereocenters. The number of benzene rings is 2. The summed E-state index contributed by atoms with van der Waals surface area (Å²) in [6.07, 6.45) is 0. The topological polar surface area (TPSA) is 114 Å². The van der Waals surface area contributed by atoms with E-state index in [9.17, 15) is 4.79 Å². The molecule has 0 fully saturated rings. The zero-order chi connectivity index (χ0) is 22.1. The van der Waals surface area contributed by atoms with E-state index >= 15 is 0 Å². The van der Waals surface area contributed by atoms with Crippen LogP contribution in [-0.4, -0.2) is 42.0 Å². The summed E-state index contributed by atoms with van der Waals surface area (Å²) < 4.78 is 17.8. The first-order valence-electron chi connectivity index (χ1n) is 9.57. The van der Waals surface area contributed by atoms with E-state index in [1.807, 2.05) is 36.4 Å². The average molecular weight is 421 g/mol. The summed E-state index contributed by atoms with van der Waals surface area (Å²) in [5.74, 6) is 2.26. The number of carbonyl (C=O) groups excluding carboxylic acids is 1. The van der Waals surface area contributed by atoms with E-state index in [1.54, 1.807) is 39.0 Å². The van der Waals surface area contributed by atoms with Crippen LogP contribution in [-0.2, 0) is 4.79 Å². The molecule has 1 aromatic heterocycles. The number of rotatable bonds is 6. The van der Waals surface area contributed by atoms with E-state index in [4.69, 9.17) is 25.0 Å². The van der Waals surface area contributed by atoms with Gasteiger partial charge < -0.3 is 25.3 Å². The number of aromatic nitrogens is 3. The fraction of sp³-hybridized carbons (Fsp3) is 0.227. The van der Waals surface area contributed by atoms with Gasteiger partial charge in [-0.05, 0) is 36.8 Å². The molecule has 0 aliphatic carbocycles. The molecule has 0 spiro atoms. The Morgan fingerprint density at radius 2 is 1.84 bits per heavy atom. The van der Waals surface area contributed by atoms with Crippen LogP contribution in [0.1, 0.15) is 18.5 Å². The summed E-state index contributed by atoms with van der Waals surface area (Å²) in [4.78, 5) is 17.0. The van der Waals surface area contributed by atoms with Crippen molar-refractivity contribution in [3.63, 3.8) is 0 Å². The molecule has 1 aliphatic rings. The molecule has 9 nitrogen and oxygen atoms in total. The molecule has 3 aromatic rings. The third-order valence-corrected chi connectivity index (χ3v) is 5.17. The average Bonchev–Trinajstić information content (AvgIpc) is 3.21. The zero-order valence-electron chi connectivity index (χ0n) is 17.7. The molecule has 1 aliphatic heterocycles. The van der Waals surface area contributed by atoms with Crippen molar-refractivity contribution in [1.29, 1.82) is 0 Å². The van der Waals surface area contributed by atoms with Gasteiger partial charge in [0.2, 0.25) is 11.9 Å². The Morgan fingerprint density at radius 1 is 1.06 bits per heavy atom. The van der Waals surface area contributed by atoms with Gasteiger partial charge in [-0.3, -0.25) is 4.79 Å². The quantitative estimate of drug-likeness (QED) is 0.629. The van der Waals surface area contributed by atoms with Crippen LogP contribution in [0, 0.1) is 0 Å². The van der Waals surface area contributed by atoms with E-state index in [1.165, 1.54) is 0 Å². The number of anilines is 1. The SMILES string of the molecule is COc1cccc(-c2nc3n(n2)C(c2ccc(OC)c(OC)c2)C(C(N)=O)=C(C)N3)c1. The Morgan fingerprint density at radius 3 is 2.52 bits per heavy atom. The third kappa shape index (κ3) is 3.54. The van der Waals surface area contributed by atoms with Crippen LogP contribution in [0.3, 0.4) is 0 Å². The molecule has 3 N–H and O–H groups in total. The van der Waals surface area contributed by atoms with Gasteiger partial charge in [-0.25, -0.2) is 4.68 Å². The van der Waals surface area contributed by atoms with Crippen molar-refractivity contribution >= 4 is 11.9 Å². The molecule has 2 heterocycles. The van der Waals surface area contributed by atoms with Crippen LogP contribution in [0.4, 0.5) is 5.95 Å². The summed E-state index contributed by atoms with van der Waals surface area (Å²) in [5, 5.41) is 7.83. The highest BCUT2D eigenvalue weighted by atomic mass is 16.5. The minimum absolute atomic E-state index is 0.391. The normalized spacial score (nSPS) is 15.2. The van der Waals surface area contributed by atoms with E-state index in [2.05, 4.69) is 10.3 Å². The Kier molecular flexibility index (Phi) is 5.24. The number of nitrogens with zero attached hydrogens (tertiary/aromatic N) is 3. The van der Waals surface area contributed by atoms with Gasteiger partial charge in [0, 0.05) is 11.3 Å². The first-order chi connectivity index (χ1) is 15.0. The standard InChI is InChI=1S/C22H23N5O4/c1-12-18(20(23)28)19(13-8-9-16(30-3)17(11-13)31-4)27-22(24-12)25-21(26-27)14-6-5-7-15(10-14)29-2/h5-11,19H,1-4H3,(H2,23,28)(H,24,25,26). The number of ether oxygens (including phenoxy) is 3. The van der Waals surface area contributed by atoms with E-state index in [0.717, 1.165) is 11.1 Å². The summed E-state index contributed by atoms with van der Waals surface area (Å²) in [6, 6.07) is 12.3. The lowest BCUT2D eigenvalue weighted by Crippen LogP contribution is -2.31. The number of hydrogen-bond donors (Lipinski definition) is 2. The van der Waals surface area contributed by atoms with E-state index < -0.39 is 11.9 Å². The largest absolute Gasteiger partial charge is 0.497 e. The van der Waals surface area contributed by atoms with E-state index in [-0.39, 0.29) is 0 Å². The second-order valence-electron chi connectivity index (χ2n) is 6.98. The molecule has 31 heavy (non-hydrogen) atoms. The predicted octanol–water partition coefficient (Wildman–Crippen LogP) is 2.75. The number of primary amides is 1. The van der Waals surface area contributed by atoms with Crippen LogP contribution < -0.4 is 25.3 Å². The molecule has 0 bridgehead atoms. The minimum Gasteiger partial charge on any atom is -0.497 e. The van der Waals surface area contributed by atoms with Crippen molar-refractivity contribution < 1.29 is 19.0 Å². The number of nitrogens with two attached hydrogens (primary N) is 1. The fourth-order valence-corrected chi connectivity index (χ4v) is 3.69. The summed E-state index contributed by atoms with van der Waals surface area (Å²) in [6.45, 7) is 1.79. The summed E-state index contributed by atoms with van der Waals surface area (Å²) in [5.41, 5.74) is 8.30. The lowest BCUT2D eigenvalue weighted by molar-refractivity contribution is -0.115. The molecule has 1 amide bonds. The van der Waals surface area contributed by atoms with Crippen molar-refractivity contribution in [1.82, 2.24) is 14.8 Å². The van der Waals surface area contributed by atoms with Gasteiger partial charge in [-0.1, -0.05) is 18.2 Å². The second-order valence-corrected chi connectivity index (χ2v) is 6.98. The monoisotopic (exact) mass is 421 g/mol. The Bertz CT molecular complexity index is 1180. The molecule has 0 radical (unpaired) electrons. The number of methoxy groups -OCH3 is 3. The van der Waals surface area contributed by atoms with Crippen molar-refractivity contribution in [2.24, 2.45) is 5.73 Å². The fourth-order valence-electron chi connectivity index (χ4n) is 3.69. The van der Waals surface area contributed by atoms with Crippen LogP contribution in [0.15, 0.2) is 53.7 Å². The minimum atomic E-state index is -0.583. The maximum Gasteiger partial charge on any atom is 0.248 e. The number of amides is 1. The first kappa shape index (κ1) is 20.3. The molecule has 160 valence electrons. The second kappa shape index (κ2) is 8.02. The van der Waals surface area contributed by atoms with Gasteiger partial charge in [0.1, 0.15) is 11.8 Å². The van der Waals surface area contributed by atoms with Gasteiger partial charge in [0.15, 0.2) is 17.3 Å². The number of fused-ring (bicyclic) bond motifs is 1. The van der Waals surface area contributed by atoms with Gasteiger partial charge in [-0.15, -0.1) is 5.10 Å². The summed E-state index contributed by atoms with van der Waals surface area (Å²) >= 11 is 0. The first-order valence-corrected chi connectivity index (χ1v) is 9.57. The molecular formula is C22H23N5O4. The van der Waals surface area contributed by atoms with Crippen molar-refractivity contribution in [2.75, 3.05) is 26.6 Å². The molecule has 1 unspecified atom stereocenters. The molecule has 9 heteroatoms. The predicted molar refractivity (Wildman–Crippen MR) is 115 cm³/mol. The Hall–Kier alpha value is -4.01. The van der Waals surface area contributed by atoms with Gasteiger partial charge >= 0.3 is 0 Å². The lowest BCUT2D eigenvalue weighted by atomic mass is 9.95. The highest BCUT2D eigenvalue weighted by Gasteiger charge is 2.34. The molecule has 4 rings (SSSR count). The van der Waals surface area contributed by atoms with E-state index in [0.29, 0.717) is 40.3 Å². The highest BCUT2D eigenvalue weighted by molar-refractivity contribution is 5.95. The summed E-state index contributed by atoms with van der Waals surface area (Å²) in [7, 11) is 4.73. The number of allylic oxidation sites excluding steroid dienone is 1. The Labute approximate surface area is 179 Å². The third-order valence-electron chi connectivity index (χ3n) is 5.17. The number of hydrogen-bond acceptors (Lipinski definition) is 7. The van der Waals surface area contributed by atoms with Crippen LogP contribution in [0.25, 0.3) is 11.4 Å². The maximum absolute atomic E-state index is 12.4. The van der Waals surface area contributed by atoms with Gasteiger partial charge in [0.05, 0.1) is 26.9 Å². The van der Waals surface area contributed by atoms with Crippen molar-refractivity contribution in [3.05, 3.63) is 59.3 Å². The van der Waals surface area contributed by atoms with Crippen molar-refractivity contribution in [3.8, 4) is 28.6 Å². The van der Waals surface area contributed by atoms with Gasteiger partial charge in [0.25, 0.3) is 0 Å². The lowest BCUT2D eigenvalue weighted by Gasteiger charge is -2.28. The van der Waals surface area contributed by atoms with Crippen molar-refractivity contribution in [2.45, 2.75) is 13.0 Å². The Balaban J connectivity index is 1.87. The zero-order valence-corrected chi connectivity index (χ0v) is 17.7. The molecule has 2 aromatic carbocycles. The molecule has 0 saturated heterocycles. The number of carbonyl (C=O) groups is 1. The number of nitrogens with one attached hydrogen (secondary N) is 1. The van der Waals surface area contributed by atoms with Crippen LogP contribution in [0.2, 0.25) is 0 Å². The molecule has 0 saturated carbocycles. The highest BCUT2D eigenvalue weighted by Crippen LogP contribution is 2.39. The van der Waals surface area contributed by atoms with Gasteiger partial charge in [-0.2, -0.15) is 4.98 Å². The smallest absolute Gasteiger partial charge is 0.248 e. The van der Waals surface area contributed by atoms with Crippen LogP contribution >= 0.6 is 0 Å². The molecular weight excluding hydrogens is 398 g/mol.